The SMILES string of the molecule is COc1ccc(S(=O)(=O)NNC(=O)c2sccc2-c2ccc(C)cc2)cc1OC. The van der Waals surface area contributed by atoms with E-state index in [4.69, 9.17) is 9.47 Å². The van der Waals surface area contributed by atoms with Gasteiger partial charge in [-0.2, -0.15) is 0 Å². The zero-order valence-corrected chi connectivity index (χ0v) is 17.7. The fraction of sp³-hybridized carbons (Fsp3) is 0.150. The molecule has 0 aliphatic rings. The zero-order chi connectivity index (χ0) is 21.0. The van der Waals surface area contributed by atoms with Crippen LogP contribution < -0.4 is 19.7 Å². The Morgan fingerprint density at radius 3 is 2.31 bits per heavy atom. The zero-order valence-electron chi connectivity index (χ0n) is 16.1. The Labute approximate surface area is 173 Å². The van der Waals surface area contributed by atoms with Gasteiger partial charge in [-0.25, -0.2) is 8.42 Å². The summed E-state index contributed by atoms with van der Waals surface area (Å²) < 4.78 is 35.3. The van der Waals surface area contributed by atoms with Crippen molar-refractivity contribution < 1.29 is 22.7 Å². The molecule has 0 fully saturated rings. The Morgan fingerprint density at radius 1 is 0.966 bits per heavy atom. The fourth-order valence-electron chi connectivity index (χ4n) is 2.66. The third kappa shape index (κ3) is 4.58. The number of carbonyl (C=O) groups excluding carboxylic acids is 1. The molecule has 0 saturated carbocycles. The van der Waals surface area contributed by atoms with E-state index in [-0.39, 0.29) is 10.6 Å². The summed E-state index contributed by atoms with van der Waals surface area (Å²) in [5.74, 6) is 0.123. The predicted octanol–water partition coefficient (Wildman–Crippen LogP) is 3.36. The van der Waals surface area contributed by atoms with Gasteiger partial charge in [0.1, 0.15) is 4.88 Å². The highest BCUT2D eigenvalue weighted by Crippen LogP contribution is 2.30. The van der Waals surface area contributed by atoms with Gasteiger partial charge in [0.2, 0.25) is 0 Å². The van der Waals surface area contributed by atoms with Gasteiger partial charge >= 0.3 is 0 Å². The molecule has 2 N–H and O–H groups in total. The molecule has 0 aliphatic carbocycles. The molecule has 1 amide bonds. The molecule has 0 spiro atoms. The number of hydrogen-bond donors (Lipinski definition) is 2. The van der Waals surface area contributed by atoms with Crippen molar-refractivity contribution in [3.8, 4) is 22.6 Å². The number of hydrazine groups is 1. The van der Waals surface area contributed by atoms with Crippen molar-refractivity contribution in [3.05, 3.63) is 64.4 Å². The number of amides is 1. The number of aryl methyl sites for hydroxylation is 1. The number of ether oxygens (including phenoxy) is 2. The molecule has 1 heterocycles. The van der Waals surface area contributed by atoms with Gasteiger partial charge in [0.15, 0.2) is 11.5 Å². The van der Waals surface area contributed by atoms with Crippen molar-refractivity contribution >= 4 is 27.3 Å². The number of hydrogen-bond acceptors (Lipinski definition) is 6. The van der Waals surface area contributed by atoms with Crippen LogP contribution in [0, 0.1) is 6.92 Å². The van der Waals surface area contributed by atoms with Crippen LogP contribution in [0.5, 0.6) is 11.5 Å². The van der Waals surface area contributed by atoms with Crippen LogP contribution in [0.2, 0.25) is 0 Å². The lowest BCUT2D eigenvalue weighted by Crippen LogP contribution is -2.41. The number of benzene rings is 2. The molecule has 0 atom stereocenters. The van der Waals surface area contributed by atoms with Crippen LogP contribution in [0.4, 0.5) is 0 Å². The number of nitrogens with one attached hydrogen (secondary N) is 2. The molecule has 1 aromatic heterocycles. The maximum absolute atomic E-state index is 12.6. The molecule has 29 heavy (non-hydrogen) atoms. The Hall–Kier alpha value is -2.88. The van der Waals surface area contributed by atoms with E-state index < -0.39 is 15.9 Å². The molecule has 3 rings (SSSR count). The van der Waals surface area contributed by atoms with Crippen molar-refractivity contribution in [2.24, 2.45) is 0 Å². The molecule has 7 nitrogen and oxygen atoms in total. The topological polar surface area (TPSA) is 93.7 Å². The van der Waals surface area contributed by atoms with E-state index in [1.807, 2.05) is 37.3 Å². The molecule has 0 aliphatic heterocycles. The first-order chi connectivity index (χ1) is 13.9. The minimum atomic E-state index is -4.00. The van der Waals surface area contributed by atoms with E-state index >= 15 is 0 Å². The van der Waals surface area contributed by atoms with Crippen LogP contribution in [-0.4, -0.2) is 28.5 Å². The molecule has 0 radical (unpaired) electrons. The number of sulfonamides is 1. The summed E-state index contributed by atoms with van der Waals surface area (Å²) in [5, 5.41) is 1.78. The molecule has 2 aromatic carbocycles. The normalized spacial score (nSPS) is 11.1. The minimum absolute atomic E-state index is 0.0691. The lowest BCUT2D eigenvalue weighted by atomic mass is 10.1. The Bertz CT molecular complexity index is 1120. The average Bonchev–Trinajstić information content (AvgIpc) is 3.22. The number of thiophene rings is 1. The van der Waals surface area contributed by atoms with Crippen molar-refractivity contribution in [2.75, 3.05) is 14.2 Å². The first-order valence-corrected chi connectivity index (χ1v) is 10.9. The summed E-state index contributed by atoms with van der Waals surface area (Å²) in [4.78, 5) is 15.1. The van der Waals surface area contributed by atoms with Gasteiger partial charge in [0.05, 0.1) is 19.1 Å². The minimum Gasteiger partial charge on any atom is -0.493 e. The third-order valence-corrected chi connectivity index (χ3v) is 6.36. The van der Waals surface area contributed by atoms with Gasteiger partial charge in [-0.15, -0.1) is 16.2 Å². The quantitative estimate of drug-likeness (QED) is 0.559. The summed E-state index contributed by atoms with van der Waals surface area (Å²) in [7, 11) is -1.13. The lowest BCUT2D eigenvalue weighted by molar-refractivity contribution is 0.0950. The molecule has 9 heteroatoms. The molecular weight excluding hydrogens is 412 g/mol. The molecule has 152 valence electrons. The molecule has 0 bridgehead atoms. The van der Waals surface area contributed by atoms with Crippen molar-refractivity contribution in [2.45, 2.75) is 11.8 Å². The Balaban J connectivity index is 1.77. The van der Waals surface area contributed by atoms with Gasteiger partial charge in [-0.05, 0) is 36.1 Å². The van der Waals surface area contributed by atoms with Crippen molar-refractivity contribution in [1.29, 1.82) is 0 Å². The van der Waals surface area contributed by atoms with E-state index in [1.54, 1.807) is 5.38 Å². The summed E-state index contributed by atoms with van der Waals surface area (Å²) in [5.41, 5.74) is 5.00. The van der Waals surface area contributed by atoms with E-state index in [9.17, 15) is 13.2 Å². The monoisotopic (exact) mass is 432 g/mol. The lowest BCUT2D eigenvalue weighted by Gasteiger charge is -2.12. The van der Waals surface area contributed by atoms with E-state index in [2.05, 4.69) is 10.3 Å². The maximum atomic E-state index is 12.6. The highest BCUT2D eigenvalue weighted by molar-refractivity contribution is 7.89. The number of rotatable bonds is 7. The second-order valence-corrected chi connectivity index (χ2v) is 8.70. The standard InChI is InChI=1S/C20H20N2O5S2/c1-13-4-6-14(7-5-13)16-10-11-28-19(16)20(23)21-22-29(24,25)15-8-9-17(26-2)18(12-15)27-3/h4-12,22H,1-3H3,(H,21,23). The second kappa shape index (κ2) is 8.64. The van der Waals surface area contributed by atoms with Gasteiger partial charge < -0.3 is 9.47 Å². The highest BCUT2D eigenvalue weighted by atomic mass is 32.2. The maximum Gasteiger partial charge on any atom is 0.276 e. The van der Waals surface area contributed by atoms with Gasteiger partial charge in [-0.3, -0.25) is 10.2 Å². The van der Waals surface area contributed by atoms with Gasteiger partial charge in [0.25, 0.3) is 15.9 Å². The predicted molar refractivity (Wildman–Crippen MR) is 112 cm³/mol. The number of carbonyl (C=O) groups is 1. The Kier molecular flexibility index (Phi) is 6.21. The van der Waals surface area contributed by atoms with Crippen LogP contribution in [0.15, 0.2) is 58.8 Å². The van der Waals surface area contributed by atoms with Crippen LogP contribution in [0.25, 0.3) is 11.1 Å². The van der Waals surface area contributed by atoms with Crippen LogP contribution in [0.1, 0.15) is 15.2 Å². The van der Waals surface area contributed by atoms with Crippen LogP contribution >= 0.6 is 11.3 Å². The highest BCUT2D eigenvalue weighted by Gasteiger charge is 2.20. The summed E-state index contributed by atoms with van der Waals surface area (Å²) in [6.07, 6.45) is 0. The second-order valence-electron chi connectivity index (χ2n) is 6.11. The Morgan fingerprint density at radius 2 is 1.66 bits per heavy atom. The van der Waals surface area contributed by atoms with Crippen molar-refractivity contribution in [3.63, 3.8) is 0 Å². The van der Waals surface area contributed by atoms with E-state index in [0.29, 0.717) is 10.6 Å². The summed E-state index contributed by atoms with van der Waals surface area (Å²) >= 11 is 1.23. The molecule has 3 aromatic rings. The first kappa shape index (κ1) is 20.8. The summed E-state index contributed by atoms with van der Waals surface area (Å²) in [6.45, 7) is 1.98. The smallest absolute Gasteiger partial charge is 0.276 e. The molecule has 0 saturated heterocycles. The van der Waals surface area contributed by atoms with Crippen molar-refractivity contribution in [1.82, 2.24) is 10.3 Å². The van der Waals surface area contributed by atoms with E-state index in [0.717, 1.165) is 16.7 Å². The van der Waals surface area contributed by atoms with Crippen LogP contribution in [-0.2, 0) is 10.0 Å². The van der Waals surface area contributed by atoms with E-state index in [1.165, 1.54) is 43.8 Å². The van der Waals surface area contributed by atoms with Gasteiger partial charge in [0, 0.05) is 11.6 Å². The average molecular weight is 433 g/mol. The first-order valence-electron chi connectivity index (χ1n) is 8.54. The summed E-state index contributed by atoms with van der Waals surface area (Å²) in [6, 6.07) is 13.7. The fourth-order valence-corrected chi connectivity index (χ4v) is 4.32. The van der Waals surface area contributed by atoms with Gasteiger partial charge in [-0.1, -0.05) is 29.8 Å². The van der Waals surface area contributed by atoms with Crippen LogP contribution in [0.3, 0.4) is 0 Å². The molecular formula is C20H20N2O5S2. The number of methoxy groups -OCH3 is 2. The third-order valence-electron chi connectivity index (χ3n) is 4.20. The largest absolute Gasteiger partial charge is 0.493 e. The molecule has 0 unspecified atom stereocenters.